The number of carbonyl (C=O) groups is 2. The molecule has 2 heterocycles. The van der Waals surface area contributed by atoms with Crippen LogP contribution in [0.4, 0.5) is 10.5 Å². The molecule has 3 N–H and O–H groups in total. The van der Waals surface area contributed by atoms with Crippen molar-refractivity contribution in [1.29, 1.82) is 0 Å². The molecule has 0 aliphatic carbocycles. The van der Waals surface area contributed by atoms with Gasteiger partial charge in [-0.25, -0.2) is 13.2 Å². The molecule has 2 saturated heterocycles. The summed E-state index contributed by atoms with van der Waals surface area (Å²) in [5, 5.41) is 2.91. The fourth-order valence-electron chi connectivity index (χ4n) is 5.51. The lowest BCUT2D eigenvalue weighted by Gasteiger charge is -2.34. The molecule has 0 aromatic heterocycles. The number of hydrogen-bond donors (Lipinski definition) is 2. The van der Waals surface area contributed by atoms with Gasteiger partial charge in [-0.2, -0.15) is 4.31 Å². The van der Waals surface area contributed by atoms with E-state index in [-0.39, 0.29) is 43.0 Å². The van der Waals surface area contributed by atoms with E-state index in [2.05, 4.69) is 5.32 Å². The number of piperidine rings is 1. The number of benzene rings is 2. The van der Waals surface area contributed by atoms with Crippen LogP contribution in [0.2, 0.25) is 0 Å². The molecule has 0 saturated carbocycles. The molecule has 4 rings (SSSR count). The molecule has 2 aromatic rings. The first-order valence-corrected chi connectivity index (χ1v) is 16.9. The van der Waals surface area contributed by atoms with Gasteiger partial charge in [0.1, 0.15) is 12.2 Å². The molecule has 2 aliphatic heterocycles. The van der Waals surface area contributed by atoms with Crippen molar-refractivity contribution in [2.45, 2.75) is 69.1 Å². The number of ether oxygens (including phenoxy) is 3. The minimum Gasteiger partial charge on any atom is -0.458 e. The van der Waals surface area contributed by atoms with E-state index in [0.29, 0.717) is 25.3 Å². The maximum Gasteiger partial charge on any atom is 0.407 e. The predicted molar refractivity (Wildman–Crippen MR) is 167 cm³/mol. The molecule has 0 radical (unpaired) electrons. The SMILES string of the molecule is CC(C)CN(C[C@@H](OC(=O)CN1CCCCC1)[C@H](Cc1ccccc1)NC(=O)O[C@H]1CCOC1)S(=O)(=O)c1ccc(N)cc1. The van der Waals surface area contributed by atoms with Crippen LogP contribution in [0.1, 0.15) is 45.1 Å². The van der Waals surface area contributed by atoms with Gasteiger partial charge in [-0.15, -0.1) is 0 Å². The second kappa shape index (κ2) is 16.2. The Hall–Kier alpha value is -3.19. The zero-order valence-corrected chi connectivity index (χ0v) is 26.5. The topological polar surface area (TPSA) is 140 Å². The summed E-state index contributed by atoms with van der Waals surface area (Å²) in [5.41, 5.74) is 7.16. The molecule has 12 heteroatoms. The zero-order chi connectivity index (χ0) is 31.5. The highest BCUT2D eigenvalue weighted by Crippen LogP contribution is 2.22. The van der Waals surface area contributed by atoms with Gasteiger partial charge in [0.25, 0.3) is 0 Å². The van der Waals surface area contributed by atoms with Crippen molar-refractivity contribution in [2.24, 2.45) is 5.92 Å². The second-order valence-electron chi connectivity index (χ2n) is 12.0. The molecule has 2 fully saturated rings. The van der Waals surface area contributed by atoms with Crippen molar-refractivity contribution in [3.8, 4) is 0 Å². The van der Waals surface area contributed by atoms with E-state index in [1.54, 1.807) is 12.1 Å². The first-order valence-electron chi connectivity index (χ1n) is 15.5. The lowest BCUT2D eigenvalue weighted by atomic mass is 10.0. The average molecular weight is 631 g/mol. The summed E-state index contributed by atoms with van der Waals surface area (Å²) in [6.07, 6.45) is 1.96. The van der Waals surface area contributed by atoms with E-state index in [1.807, 2.05) is 49.1 Å². The van der Waals surface area contributed by atoms with Crippen molar-refractivity contribution in [2.75, 3.05) is 51.7 Å². The number of anilines is 1. The third-order valence-electron chi connectivity index (χ3n) is 7.77. The normalized spacial score (nSPS) is 19.0. The number of likely N-dealkylation sites (tertiary alicyclic amines) is 1. The van der Waals surface area contributed by atoms with Gasteiger partial charge in [0, 0.05) is 18.7 Å². The standard InChI is InChI=1S/C32H46N4O7S/c1-24(2)20-36(44(39,40)28-13-11-26(33)12-14-28)21-30(43-31(37)22-35-16-7-4-8-17-35)29(19-25-9-5-3-6-10-25)34-32(38)42-27-15-18-41-23-27/h3,5-6,9-14,24,27,29-30H,4,7-8,15-23,33H2,1-2H3,(H,34,38)/t27-,29-,30+/m0/s1. The number of carbonyl (C=O) groups excluding carboxylic acids is 2. The Bertz CT molecular complexity index is 1300. The quantitative estimate of drug-likeness (QED) is 0.237. The monoisotopic (exact) mass is 630 g/mol. The van der Waals surface area contributed by atoms with E-state index in [1.165, 1.54) is 16.4 Å². The summed E-state index contributed by atoms with van der Waals surface area (Å²) in [4.78, 5) is 28.7. The second-order valence-corrected chi connectivity index (χ2v) is 13.9. The average Bonchev–Trinajstić information content (AvgIpc) is 3.50. The molecule has 0 bridgehead atoms. The summed E-state index contributed by atoms with van der Waals surface area (Å²) in [7, 11) is -4.01. The smallest absolute Gasteiger partial charge is 0.407 e. The molecule has 44 heavy (non-hydrogen) atoms. The highest BCUT2D eigenvalue weighted by atomic mass is 32.2. The van der Waals surface area contributed by atoms with Crippen LogP contribution in [0.25, 0.3) is 0 Å². The number of rotatable bonds is 14. The van der Waals surface area contributed by atoms with E-state index in [0.717, 1.165) is 37.9 Å². The molecular formula is C32H46N4O7S. The van der Waals surface area contributed by atoms with Crippen LogP contribution >= 0.6 is 0 Å². The van der Waals surface area contributed by atoms with Crippen molar-refractivity contribution in [3.05, 3.63) is 60.2 Å². The molecule has 2 aliphatic rings. The fourth-order valence-corrected chi connectivity index (χ4v) is 7.12. The van der Waals surface area contributed by atoms with Crippen LogP contribution in [-0.2, 0) is 35.4 Å². The zero-order valence-electron chi connectivity index (χ0n) is 25.7. The van der Waals surface area contributed by atoms with Gasteiger partial charge in [-0.3, -0.25) is 9.69 Å². The number of amides is 1. The lowest BCUT2D eigenvalue weighted by molar-refractivity contribution is -0.152. The lowest BCUT2D eigenvalue weighted by Crippen LogP contribution is -2.53. The maximum atomic E-state index is 14.0. The van der Waals surface area contributed by atoms with Crippen LogP contribution in [0.5, 0.6) is 0 Å². The number of nitrogen functional groups attached to an aromatic ring is 1. The van der Waals surface area contributed by atoms with Gasteiger partial charge >= 0.3 is 12.1 Å². The van der Waals surface area contributed by atoms with Crippen LogP contribution in [0.3, 0.4) is 0 Å². The van der Waals surface area contributed by atoms with Gasteiger partial charge in [-0.05, 0) is 68.1 Å². The van der Waals surface area contributed by atoms with E-state index < -0.39 is 34.2 Å². The number of nitrogens with one attached hydrogen (secondary N) is 1. The summed E-state index contributed by atoms with van der Waals surface area (Å²) in [6, 6.07) is 14.7. The van der Waals surface area contributed by atoms with Crippen molar-refractivity contribution in [3.63, 3.8) is 0 Å². The Labute approximate surface area is 261 Å². The number of esters is 1. The molecular weight excluding hydrogens is 584 g/mol. The van der Waals surface area contributed by atoms with E-state index >= 15 is 0 Å². The molecule has 3 atom stereocenters. The number of alkyl carbamates (subject to hydrolysis) is 1. The van der Waals surface area contributed by atoms with Gasteiger partial charge in [0.2, 0.25) is 10.0 Å². The molecule has 1 amide bonds. The van der Waals surface area contributed by atoms with Crippen LogP contribution in [-0.4, -0.2) is 93.9 Å². The highest BCUT2D eigenvalue weighted by Gasteiger charge is 2.35. The van der Waals surface area contributed by atoms with Gasteiger partial charge in [-0.1, -0.05) is 50.6 Å². The summed E-state index contributed by atoms with van der Waals surface area (Å²) in [6.45, 7) is 6.36. The Kier molecular flexibility index (Phi) is 12.4. The van der Waals surface area contributed by atoms with Crippen molar-refractivity contribution >= 4 is 27.8 Å². The van der Waals surface area contributed by atoms with Crippen molar-refractivity contribution in [1.82, 2.24) is 14.5 Å². The highest BCUT2D eigenvalue weighted by molar-refractivity contribution is 7.89. The third-order valence-corrected chi connectivity index (χ3v) is 9.61. The summed E-state index contributed by atoms with van der Waals surface area (Å²) < 4.78 is 46.3. The molecule has 242 valence electrons. The van der Waals surface area contributed by atoms with Gasteiger partial charge < -0.3 is 25.3 Å². The first kappa shape index (κ1) is 33.7. The minimum absolute atomic E-state index is 0.0314. The van der Waals surface area contributed by atoms with Gasteiger partial charge in [0.15, 0.2) is 0 Å². The number of nitrogens with zero attached hydrogens (tertiary/aromatic N) is 2. The third kappa shape index (κ3) is 10.2. The Morgan fingerprint density at radius 2 is 1.75 bits per heavy atom. The van der Waals surface area contributed by atoms with E-state index in [4.69, 9.17) is 19.9 Å². The number of nitrogens with two attached hydrogens (primary N) is 1. The summed E-state index contributed by atoms with van der Waals surface area (Å²) >= 11 is 0. The molecule has 0 spiro atoms. The summed E-state index contributed by atoms with van der Waals surface area (Å²) in [5.74, 6) is -0.500. The van der Waals surface area contributed by atoms with Crippen LogP contribution < -0.4 is 11.1 Å². The molecule has 2 aromatic carbocycles. The van der Waals surface area contributed by atoms with Crippen molar-refractivity contribution < 1.29 is 32.2 Å². The van der Waals surface area contributed by atoms with Crippen LogP contribution in [0, 0.1) is 5.92 Å². The Morgan fingerprint density at radius 3 is 2.39 bits per heavy atom. The number of sulfonamides is 1. The Balaban J connectivity index is 1.65. The molecule has 0 unspecified atom stereocenters. The minimum atomic E-state index is -4.01. The van der Waals surface area contributed by atoms with Gasteiger partial charge in [0.05, 0.1) is 37.2 Å². The number of hydrogen-bond acceptors (Lipinski definition) is 9. The largest absolute Gasteiger partial charge is 0.458 e. The fraction of sp³-hybridized carbons (Fsp3) is 0.562. The Morgan fingerprint density at radius 1 is 1.05 bits per heavy atom. The maximum absolute atomic E-state index is 14.0. The first-order chi connectivity index (χ1) is 21.1. The molecule has 11 nitrogen and oxygen atoms in total. The predicted octanol–water partition coefficient (Wildman–Crippen LogP) is 3.44. The van der Waals surface area contributed by atoms with E-state index in [9.17, 15) is 18.0 Å². The van der Waals surface area contributed by atoms with Crippen LogP contribution in [0.15, 0.2) is 59.5 Å².